The number of likely N-dealkylation sites (tertiary alicyclic amines) is 1. The SMILES string of the molecule is CN1CCCC(OC(=O)C(C#N)=Cc2ccccc2)C1.Cl. The summed E-state index contributed by atoms with van der Waals surface area (Å²) < 4.78 is 5.42. The second-order valence-corrected chi connectivity index (χ2v) is 5.01. The highest BCUT2D eigenvalue weighted by Gasteiger charge is 2.22. The van der Waals surface area contributed by atoms with Crippen LogP contribution in [0.3, 0.4) is 0 Å². The Hall–Kier alpha value is -1.83. The van der Waals surface area contributed by atoms with Crippen molar-refractivity contribution >= 4 is 24.5 Å². The van der Waals surface area contributed by atoms with Gasteiger partial charge in [0, 0.05) is 6.54 Å². The maximum Gasteiger partial charge on any atom is 0.349 e. The molecular weight excluding hydrogens is 288 g/mol. The number of likely N-dealkylation sites (N-methyl/N-ethyl adjacent to an activating group) is 1. The van der Waals surface area contributed by atoms with Crippen LogP contribution in [0, 0.1) is 11.3 Å². The number of carbonyl (C=O) groups is 1. The van der Waals surface area contributed by atoms with E-state index in [1.54, 1.807) is 6.08 Å². The Balaban J connectivity index is 0.00000220. The summed E-state index contributed by atoms with van der Waals surface area (Å²) >= 11 is 0. The number of halogens is 1. The second-order valence-electron chi connectivity index (χ2n) is 5.01. The van der Waals surface area contributed by atoms with Gasteiger partial charge in [0.15, 0.2) is 0 Å². The molecule has 1 aliphatic heterocycles. The van der Waals surface area contributed by atoms with Gasteiger partial charge >= 0.3 is 5.97 Å². The summed E-state index contributed by atoms with van der Waals surface area (Å²) in [5.74, 6) is -0.531. The molecule has 1 aromatic carbocycles. The van der Waals surface area contributed by atoms with Crippen molar-refractivity contribution in [1.82, 2.24) is 4.90 Å². The Kier molecular flexibility index (Phi) is 6.93. The smallest absolute Gasteiger partial charge is 0.349 e. The monoisotopic (exact) mass is 306 g/mol. The number of nitriles is 1. The van der Waals surface area contributed by atoms with E-state index in [1.807, 2.05) is 43.4 Å². The fourth-order valence-electron chi connectivity index (χ4n) is 2.28. The van der Waals surface area contributed by atoms with Gasteiger partial charge in [-0.2, -0.15) is 5.26 Å². The van der Waals surface area contributed by atoms with Gasteiger partial charge in [0.2, 0.25) is 0 Å². The minimum atomic E-state index is -0.531. The van der Waals surface area contributed by atoms with Gasteiger partial charge in [-0.05, 0) is 38.1 Å². The quantitative estimate of drug-likeness (QED) is 0.489. The molecule has 0 radical (unpaired) electrons. The van der Waals surface area contributed by atoms with Crippen molar-refractivity contribution in [2.45, 2.75) is 18.9 Å². The van der Waals surface area contributed by atoms with E-state index < -0.39 is 5.97 Å². The lowest BCUT2D eigenvalue weighted by Crippen LogP contribution is -2.38. The van der Waals surface area contributed by atoms with Gasteiger partial charge < -0.3 is 9.64 Å². The Morgan fingerprint density at radius 3 is 2.76 bits per heavy atom. The van der Waals surface area contributed by atoms with Gasteiger partial charge in [0.1, 0.15) is 17.7 Å². The molecule has 0 amide bonds. The first-order valence-corrected chi connectivity index (χ1v) is 6.75. The molecule has 4 nitrogen and oxygen atoms in total. The van der Waals surface area contributed by atoms with Crippen molar-refractivity contribution < 1.29 is 9.53 Å². The third-order valence-electron chi connectivity index (χ3n) is 3.31. The van der Waals surface area contributed by atoms with Gasteiger partial charge in [-0.1, -0.05) is 30.3 Å². The zero-order chi connectivity index (χ0) is 14.4. The van der Waals surface area contributed by atoms with Crippen LogP contribution in [0.2, 0.25) is 0 Å². The molecule has 112 valence electrons. The molecule has 0 N–H and O–H groups in total. The lowest BCUT2D eigenvalue weighted by atomic mass is 10.1. The summed E-state index contributed by atoms with van der Waals surface area (Å²) in [6.45, 7) is 1.76. The van der Waals surface area contributed by atoms with Crippen LogP contribution >= 0.6 is 12.4 Å². The lowest BCUT2D eigenvalue weighted by molar-refractivity contribution is -0.145. The maximum absolute atomic E-state index is 12.0. The lowest BCUT2D eigenvalue weighted by Gasteiger charge is -2.29. The molecule has 1 unspecified atom stereocenters. The summed E-state index contributed by atoms with van der Waals surface area (Å²) in [5.41, 5.74) is 0.867. The highest BCUT2D eigenvalue weighted by molar-refractivity contribution is 5.97. The second kappa shape index (κ2) is 8.46. The zero-order valence-corrected chi connectivity index (χ0v) is 12.8. The Labute approximate surface area is 131 Å². The van der Waals surface area contributed by atoms with Gasteiger partial charge in [-0.3, -0.25) is 0 Å². The number of hydrogen-bond donors (Lipinski definition) is 0. The summed E-state index contributed by atoms with van der Waals surface area (Å²) in [7, 11) is 2.00. The van der Waals surface area contributed by atoms with Crippen LogP contribution in [0.1, 0.15) is 18.4 Å². The first-order valence-electron chi connectivity index (χ1n) is 6.75. The van der Waals surface area contributed by atoms with Crippen molar-refractivity contribution in [2.75, 3.05) is 20.1 Å². The summed E-state index contributed by atoms with van der Waals surface area (Å²) in [6, 6.07) is 11.2. The first kappa shape index (κ1) is 17.2. The molecule has 1 aliphatic rings. The third kappa shape index (κ3) is 5.22. The normalized spacial score (nSPS) is 19.2. The van der Waals surface area contributed by atoms with Crippen LogP contribution in [0.25, 0.3) is 6.08 Å². The topological polar surface area (TPSA) is 53.3 Å². The first-order chi connectivity index (χ1) is 9.69. The Morgan fingerprint density at radius 2 is 2.14 bits per heavy atom. The standard InChI is InChI=1S/C16H18N2O2.ClH/c1-18-9-5-8-15(12-18)20-16(19)14(11-17)10-13-6-3-2-4-7-13;/h2-4,6-7,10,15H,5,8-9,12H2,1H3;1H. The number of benzene rings is 1. The molecule has 0 bridgehead atoms. The van der Waals surface area contributed by atoms with Crippen LogP contribution in [-0.4, -0.2) is 37.1 Å². The summed E-state index contributed by atoms with van der Waals surface area (Å²) in [4.78, 5) is 14.2. The van der Waals surface area contributed by atoms with Crippen molar-refractivity contribution in [1.29, 1.82) is 5.26 Å². The van der Waals surface area contributed by atoms with Crippen molar-refractivity contribution in [3.63, 3.8) is 0 Å². The van der Waals surface area contributed by atoms with Crippen LogP contribution in [0.4, 0.5) is 0 Å². The number of hydrogen-bond acceptors (Lipinski definition) is 4. The van der Waals surface area contributed by atoms with E-state index in [2.05, 4.69) is 4.90 Å². The number of carbonyl (C=O) groups excluding carboxylic acids is 1. The van der Waals surface area contributed by atoms with Crippen molar-refractivity contribution in [3.8, 4) is 6.07 Å². The highest BCUT2D eigenvalue weighted by Crippen LogP contribution is 2.14. The third-order valence-corrected chi connectivity index (χ3v) is 3.31. The van der Waals surface area contributed by atoms with Crippen molar-refractivity contribution in [2.24, 2.45) is 0 Å². The Bertz CT molecular complexity index is 537. The minimum Gasteiger partial charge on any atom is -0.457 e. The minimum absolute atomic E-state index is 0. The molecule has 0 aliphatic carbocycles. The average Bonchev–Trinajstić information content (AvgIpc) is 2.45. The molecule has 2 rings (SSSR count). The van der Waals surface area contributed by atoms with E-state index in [4.69, 9.17) is 10.00 Å². The molecule has 5 heteroatoms. The van der Waals surface area contributed by atoms with Crippen LogP contribution in [-0.2, 0) is 9.53 Å². The fraction of sp³-hybridized carbons (Fsp3) is 0.375. The molecule has 0 spiro atoms. The van der Waals surface area contributed by atoms with Crippen LogP contribution in [0.5, 0.6) is 0 Å². The van der Waals surface area contributed by atoms with Crippen molar-refractivity contribution in [3.05, 3.63) is 41.5 Å². The van der Waals surface area contributed by atoms with Crippen LogP contribution < -0.4 is 0 Å². The largest absolute Gasteiger partial charge is 0.457 e. The highest BCUT2D eigenvalue weighted by atomic mass is 35.5. The number of ether oxygens (including phenoxy) is 1. The summed E-state index contributed by atoms with van der Waals surface area (Å²) in [5, 5.41) is 9.11. The summed E-state index contributed by atoms with van der Waals surface area (Å²) in [6.07, 6.45) is 3.32. The van der Waals surface area contributed by atoms with Crippen LogP contribution in [0.15, 0.2) is 35.9 Å². The number of nitrogens with zero attached hydrogens (tertiary/aromatic N) is 2. The van der Waals surface area contributed by atoms with Gasteiger partial charge in [0.25, 0.3) is 0 Å². The van der Waals surface area contributed by atoms with Gasteiger partial charge in [-0.25, -0.2) is 4.79 Å². The molecule has 1 saturated heterocycles. The van der Waals surface area contributed by atoms with Gasteiger partial charge in [-0.15, -0.1) is 12.4 Å². The van der Waals surface area contributed by atoms with E-state index in [0.717, 1.165) is 31.5 Å². The van der Waals surface area contributed by atoms with E-state index in [0.29, 0.717) is 0 Å². The molecule has 21 heavy (non-hydrogen) atoms. The number of esters is 1. The maximum atomic E-state index is 12.0. The van der Waals surface area contributed by atoms with Gasteiger partial charge in [0.05, 0.1) is 0 Å². The zero-order valence-electron chi connectivity index (χ0n) is 12.0. The fourth-order valence-corrected chi connectivity index (χ4v) is 2.28. The number of rotatable bonds is 3. The molecule has 0 aromatic heterocycles. The predicted octanol–water partition coefficient (Wildman–Crippen LogP) is 2.65. The number of piperidine rings is 1. The molecule has 0 saturated carbocycles. The van der Waals surface area contributed by atoms with E-state index >= 15 is 0 Å². The Morgan fingerprint density at radius 1 is 1.43 bits per heavy atom. The molecule has 1 fully saturated rings. The predicted molar refractivity (Wildman–Crippen MR) is 83.9 cm³/mol. The van der Waals surface area contributed by atoms with E-state index in [-0.39, 0.29) is 24.1 Å². The average molecular weight is 307 g/mol. The van der Waals surface area contributed by atoms with E-state index in [1.165, 1.54) is 0 Å². The molecule has 1 aromatic rings. The molecule has 1 heterocycles. The molecular formula is C16H19ClN2O2. The molecule has 1 atom stereocenters. The van der Waals surface area contributed by atoms with E-state index in [9.17, 15) is 4.79 Å².